The number of para-hydroxylation sites is 1. The van der Waals surface area contributed by atoms with Gasteiger partial charge in [0.05, 0.1) is 35.4 Å². The van der Waals surface area contributed by atoms with Gasteiger partial charge < -0.3 is 10.1 Å². The summed E-state index contributed by atoms with van der Waals surface area (Å²) in [5, 5.41) is 7.77. The lowest BCUT2D eigenvalue weighted by Gasteiger charge is -2.20. The number of fused-ring (bicyclic) bond motifs is 2. The van der Waals surface area contributed by atoms with Crippen molar-refractivity contribution >= 4 is 22.5 Å². The number of carbonyl (C=O) groups is 1. The van der Waals surface area contributed by atoms with Crippen molar-refractivity contribution in [2.45, 2.75) is 19.9 Å². The number of nitrogens with one attached hydrogen (secondary N) is 1. The van der Waals surface area contributed by atoms with Gasteiger partial charge in [-0.25, -0.2) is 19.5 Å². The zero-order chi connectivity index (χ0) is 29.2. The maximum atomic E-state index is 14.2. The van der Waals surface area contributed by atoms with Crippen LogP contribution in [0.3, 0.4) is 0 Å². The first-order valence-electron chi connectivity index (χ1n) is 13.2. The second-order valence-electron chi connectivity index (χ2n) is 9.53. The van der Waals surface area contributed by atoms with Crippen LogP contribution in [-0.2, 0) is 0 Å². The van der Waals surface area contributed by atoms with Gasteiger partial charge in [0.1, 0.15) is 11.4 Å². The van der Waals surface area contributed by atoms with Crippen LogP contribution in [0.5, 0.6) is 5.88 Å². The standard InChI is InChI=1S/C32H25N7O3/c1-20-27(30-33-17-8-18-38(30)37-20)31(40)35-21(2)29-36-25-12-7-9-23(15-13-22-14-16-26(42-3)34-19-22)28(25)32(41)39(29)24-10-5-4-6-11-24/h4-12,14,16-19,21H,1-3H3,(H,35,40)/t21-/m0/s1. The van der Waals surface area contributed by atoms with Crippen LogP contribution in [-0.4, -0.2) is 42.2 Å². The van der Waals surface area contributed by atoms with Crippen molar-refractivity contribution < 1.29 is 9.53 Å². The van der Waals surface area contributed by atoms with Gasteiger partial charge in [-0.05, 0) is 50.2 Å². The lowest BCUT2D eigenvalue weighted by molar-refractivity contribution is 0.0938. The molecule has 10 heteroatoms. The number of pyridine rings is 1. The van der Waals surface area contributed by atoms with Gasteiger partial charge >= 0.3 is 0 Å². The molecule has 0 saturated carbocycles. The highest BCUT2D eigenvalue weighted by Gasteiger charge is 2.24. The number of benzene rings is 2. The lowest BCUT2D eigenvalue weighted by Crippen LogP contribution is -2.33. The van der Waals surface area contributed by atoms with Gasteiger partial charge in [0.2, 0.25) is 5.88 Å². The summed E-state index contributed by atoms with van der Waals surface area (Å²) in [5.41, 5.74) is 3.34. The summed E-state index contributed by atoms with van der Waals surface area (Å²) < 4.78 is 8.20. The highest BCUT2D eigenvalue weighted by Crippen LogP contribution is 2.21. The largest absolute Gasteiger partial charge is 0.481 e. The topological polar surface area (TPSA) is 116 Å². The maximum absolute atomic E-state index is 14.2. The molecule has 0 aliphatic carbocycles. The molecule has 4 aromatic heterocycles. The van der Waals surface area contributed by atoms with Crippen molar-refractivity contribution in [2.75, 3.05) is 7.11 Å². The number of ether oxygens (including phenoxy) is 1. The number of aromatic nitrogens is 6. The fourth-order valence-electron chi connectivity index (χ4n) is 4.78. The molecule has 1 amide bonds. The number of carbonyl (C=O) groups excluding carboxylic acids is 1. The summed E-state index contributed by atoms with van der Waals surface area (Å²) in [6.07, 6.45) is 4.96. The van der Waals surface area contributed by atoms with Crippen LogP contribution in [0.4, 0.5) is 0 Å². The van der Waals surface area contributed by atoms with E-state index in [0.717, 1.165) is 0 Å². The van der Waals surface area contributed by atoms with E-state index in [1.54, 1.807) is 80.5 Å². The van der Waals surface area contributed by atoms with Crippen LogP contribution in [0.1, 0.15) is 46.0 Å². The minimum Gasteiger partial charge on any atom is -0.481 e. The molecule has 206 valence electrons. The van der Waals surface area contributed by atoms with Gasteiger partial charge in [-0.3, -0.25) is 14.2 Å². The summed E-state index contributed by atoms with van der Waals surface area (Å²) in [7, 11) is 1.55. The number of hydrogen-bond donors (Lipinski definition) is 1. The summed E-state index contributed by atoms with van der Waals surface area (Å²) >= 11 is 0. The van der Waals surface area contributed by atoms with Crippen molar-refractivity contribution in [3.05, 3.63) is 124 Å². The Balaban J connectivity index is 1.46. The summed E-state index contributed by atoms with van der Waals surface area (Å²) in [5.74, 6) is 6.69. The highest BCUT2D eigenvalue weighted by atomic mass is 16.5. The Morgan fingerprint density at radius 1 is 1.00 bits per heavy atom. The molecule has 0 radical (unpaired) electrons. The maximum Gasteiger partial charge on any atom is 0.267 e. The molecular weight excluding hydrogens is 530 g/mol. The van der Waals surface area contributed by atoms with E-state index >= 15 is 0 Å². The molecule has 6 aromatic rings. The highest BCUT2D eigenvalue weighted by molar-refractivity contribution is 6.01. The number of amides is 1. The van der Waals surface area contributed by atoms with Crippen LogP contribution < -0.4 is 15.6 Å². The van der Waals surface area contributed by atoms with Gasteiger partial charge in [-0.2, -0.15) is 5.10 Å². The van der Waals surface area contributed by atoms with Gasteiger partial charge in [0.15, 0.2) is 5.65 Å². The fourth-order valence-corrected chi connectivity index (χ4v) is 4.78. The number of methoxy groups -OCH3 is 1. The van der Waals surface area contributed by atoms with Crippen molar-refractivity contribution in [2.24, 2.45) is 0 Å². The third-order valence-electron chi connectivity index (χ3n) is 6.76. The van der Waals surface area contributed by atoms with Crippen molar-refractivity contribution in [3.63, 3.8) is 0 Å². The zero-order valence-corrected chi connectivity index (χ0v) is 23.1. The van der Waals surface area contributed by atoms with E-state index < -0.39 is 6.04 Å². The van der Waals surface area contributed by atoms with Crippen LogP contribution in [0.2, 0.25) is 0 Å². The second kappa shape index (κ2) is 11.0. The molecule has 0 aliphatic heterocycles. The lowest BCUT2D eigenvalue weighted by atomic mass is 10.1. The van der Waals surface area contributed by atoms with Crippen LogP contribution in [0.25, 0.3) is 22.2 Å². The molecule has 0 unspecified atom stereocenters. The number of nitrogens with zero attached hydrogens (tertiary/aromatic N) is 6. The van der Waals surface area contributed by atoms with E-state index in [-0.39, 0.29) is 11.5 Å². The van der Waals surface area contributed by atoms with Crippen LogP contribution in [0, 0.1) is 18.8 Å². The molecule has 1 atom stereocenters. The van der Waals surface area contributed by atoms with Crippen molar-refractivity contribution in [1.82, 2.24) is 34.4 Å². The Hall–Kier alpha value is -5.82. The van der Waals surface area contributed by atoms with E-state index in [0.29, 0.717) is 56.3 Å². The Morgan fingerprint density at radius 3 is 2.60 bits per heavy atom. The predicted molar refractivity (Wildman–Crippen MR) is 158 cm³/mol. The van der Waals surface area contributed by atoms with Crippen molar-refractivity contribution in [3.8, 4) is 23.4 Å². The summed E-state index contributed by atoms with van der Waals surface area (Å²) in [6.45, 7) is 3.55. The molecule has 42 heavy (non-hydrogen) atoms. The van der Waals surface area contributed by atoms with Gasteiger partial charge in [-0.15, -0.1) is 0 Å². The molecule has 10 nitrogen and oxygen atoms in total. The molecular formula is C32H25N7O3. The van der Waals surface area contributed by atoms with E-state index in [1.807, 2.05) is 30.3 Å². The Labute approximate surface area is 240 Å². The molecule has 0 bridgehead atoms. The smallest absolute Gasteiger partial charge is 0.267 e. The minimum absolute atomic E-state index is 0.297. The molecule has 6 rings (SSSR count). The molecule has 0 spiro atoms. The van der Waals surface area contributed by atoms with E-state index in [2.05, 4.69) is 32.2 Å². The molecule has 4 heterocycles. The Morgan fingerprint density at radius 2 is 1.83 bits per heavy atom. The molecule has 0 saturated heterocycles. The van der Waals surface area contributed by atoms with Gasteiger partial charge in [0.25, 0.3) is 11.5 Å². The molecule has 2 aromatic carbocycles. The van der Waals surface area contributed by atoms with Crippen molar-refractivity contribution in [1.29, 1.82) is 0 Å². The number of rotatable bonds is 5. The molecule has 1 N–H and O–H groups in total. The average molecular weight is 556 g/mol. The Bertz CT molecular complexity index is 2070. The SMILES string of the molecule is COc1ccc(C#Cc2cccc3nc([C@H](C)NC(=O)c4c(C)nn5cccnc45)n(-c4ccccc4)c(=O)c23)cn1. The normalized spacial score (nSPS) is 11.6. The second-order valence-corrected chi connectivity index (χ2v) is 9.53. The predicted octanol–water partition coefficient (Wildman–Crippen LogP) is 4.03. The number of hydrogen-bond acceptors (Lipinski definition) is 7. The van der Waals surface area contributed by atoms with E-state index in [4.69, 9.17) is 9.72 Å². The average Bonchev–Trinajstić information content (AvgIpc) is 3.36. The first-order valence-corrected chi connectivity index (χ1v) is 13.2. The summed E-state index contributed by atoms with van der Waals surface area (Å²) in [4.78, 5) is 41.1. The molecule has 0 aliphatic rings. The number of aryl methyl sites for hydroxylation is 1. The summed E-state index contributed by atoms with van der Waals surface area (Å²) in [6, 6.07) is 19.2. The van der Waals surface area contributed by atoms with Gasteiger partial charge in [0, 0.05) is 35.8 Å². The minimum atomic E-state index is -0.645. The monoisotopic (exact) mass is 555 g/mol. The Kier molecular flexibility index (Phi) is 6.90. The zero-order valence-electron chi connectivity index (χ0n) is 23.1. The third-order valence-corrected chi connectivity index (χ3v) is 6.76. The van der Waals surface area contributed by atoms with E-state index in [9.17, 15) is 9.59 Å². The van der Waals surface area contributed by atoms with Gasteiger partial charge in [-0.1, -0.05) is 36.1 Å². The van der Waals surface area contributed by atoms with Crippen LogP contribution >= 0.6 is 0 Å². The first-order chi connectivity index (χ1) is 20.4. The molecule has 0 fully saturated rings. The first kappa shape index (κ1) is 26.4. The third kappa shape index (κ3) is 4.84. The van der Waals surface area contributed by atoms with E-state index in [1.165, 1.54) is 4.57 Å². The fraction of sp³-hybridized carbons (Fsp3) is 0.125. The van der Waals surface area contributed by atoms with Crippen LogP contribution in [0.15, 0.2) is 90.1 Å². The quantitative estimate of drug-likeness (QED) is 0.319.